The van der Waals surface area contributed by atoms with Crippen LogP contribution in [-0.2, 0) is 22.5 Å². The molecule has 0 bridgehead atoms. The van der Waals surface area contributed by atoms with Crippen molar-refractivity contribution in [1.82, 2.24) is 15.1 Å². The van der Waals surface area contributed by atoms with Crippen LogP contribution in [0, 0.1) is 0 Å². The van der Waals surface area contributed by atoms with Crippen molar-refractivity contribution >= 4 is 35.3 Å². The van der Waals surface area contributed by atoms with Gasteiger partial charge >= 0.3 is 12.1 Å². The molecular weight excluding hydrogens is 458 g/mol. The number of carbonyl (C=O) groups is 3. The molecule has 0 fully saturated rings. The van der Waals surface area contributed by atoms with E-state index in [0.29, 0.717) is 10.7 Å². The molecule has 0 saturated carbocycles. The van der Waals surface area contributed by atoms with E-state index < -0.39 is 6.09 Å². The summed E-state index contributed by atoms with van der Waals surface area (Å²) < 4.78 is 5.25. The Balaban J connectivity index is 1.90. The first-order valence-corrected chi connectivity index (χ1v) is 11.4. The first-order chi connectivity index (χ1) is 16.3. The van der Waals surface area contributed by atoms with Gasteiger partial charge in [0.15, 0.2) is 0 Å². The molecule has 184 valence electrons. The van der Waals surface area contributed by atoms with Gasteiger partial charge in [0, 0.05) is 37.4 Å². The van der Waals surface area contributed by atoms with Crippen LogP contribution in [0.2, 0.25) is 5.02 Å². The molecule has 0 saturated heterocycles. The Hall–Kier alpha value is -3.30. The number of ether oxygens (including phenoxy) is 1. The molecular formula is C24H32ClN5O4. The van der Waals surface area contributed by atoms with Crippen LogP contribution in [0.15, 0.2) is 48.5 Å². The third-order valence-corrected chi connectivity index (χ3v) is 5.55. The van der Waals surface area contributed by atoms with Gasteiger partial charge in [-0.1, -0.05) is 48.9 Å². The third-order valence-electron chi connectivity index (χ3n) is 5.18. The van der Waals surface area contributed by atoms with Gasteiger partial charge in [-0.3, -0.25) is 10.1 Å². The summed E-state index contributed by atoms with van der Waals surface area (Å²) in [5.74, 6) is -0.235. The van der Waals surface area contributed by atoms with Gasteiger partial charge in [-0.15, -0.1) is 0 Å². The van der Waals surface area contributed by atoms with E-state index in [1.807, 2.05) is 30.3 Å². The fourth-order valence-electron chi connectivity index (χ4n) is 3.02. The van der Waals surface area contributed by atoms with Crippen LogP contribution >= 0.6 is 11.6 Å². The predicted octanol–water partition coefficient (Wildman–Crippen LogP) is 3.08. The Kier molecular flexibility index (Phi) is 11.2. The van der Waals surface area contributed by atoms with Gasteiger partial charge in [-0.2, -0.15) is 0 Å². The van der Waals surface area contributed by atoms with E-state index in [-0.39, 0.29) is 51.3 Å². The third kappa shape index (κ3) is 8.92. The first kappa shape index (κ1) is 26.9. The second kappa shape index (κ2) is 14.1. The topological polar surface area (TPSA) is 117 Å². The summed E-state index contributed by atoms with van der Waals surface area (Å²) in [6.07, 6.45) is 0.293. The second-order valence-corrected chi connectivity index (χ2v) is 7.98. The molecule has 4 amide bonds. The largest absolute Gasteiger partial charge is 0.447 e. The van der Waals surface area contributed by atoms with E-state index in [2.05, 4.69) is 17.6 Å². The highest BCUT2D eigenvalue weighted by atomic mass is 35.5. The van der Waals surface area contributed by atoms with Gasteiger partial charge in [-0.25, -0.2) is 9.59 Å². The molecule has 2 rings (SSSR count). The van der Waals surface area contributed by atoms with Gasteiger partial charge in [0.2, 0.25) is 5.91 Å². The molecule has 34 heavy (non-hydrogen) atoms. The number of carbonyl (C=O) groups excluding carboxylic acids is 3. The zero-order valence-corrected chi connectivity index (χ0v) is 20.3. The number of nitrogens with zero attached hydrogens (tertiary/aromatic N) is 2. The summed E-state index contributed by atoms with van der Waals surface area (Å²) in [7, 11) is 1.61. The summed E-state index contributed by atoms with van der Waals surface area (Å²) in [4.78, 5) is 39.6. The number of nitrogens with one attached hydrogen (secondary N) is 2. The van der Waals surface area contributed by atoms with Gasteiger partial charge in [0.1, 0.15) is 6.61 Å². The minimum Gasteiger partial charge on any atom is -0.447 e. The molecule has 0 atom stereocenters. The molecule has 0 radical (unpaired) electrons. The van der Waals surface area contributed by atoms with Crippen molar-refractivity contribution in [2.75, 3.05) is 45.2 Å². The molecule has 2 aromatic rings. The van der Waals surface area contributed by atoms with E-state index in [1.165, 1.54) is 9.80 Å². The summed E-state index contributed by atoms with van der Waals surface area (Å²) in [5, 5.41) is 6.02. The fourth-order valence-corrected chi connectivity index (χ4v) is 3.22. The maximum absolute atomic E-state index is 12.8. The number of rotatable bonds is 11. The smallest absolute Gasteiger partial charge is 0.411 e. The fraction of sp³-hybridized carbons (Fsp3) is 0.375. The van der Waals surface area contributed by atoms with Crippen LogP contribution in [0.25, 0.3) is 0 Å². The number of halogens is 1. The molecule has 9 nitrogen and oxygen atoms in total. The summed E-state index contributed by atoms with van der Waals surface area (Å²) in [6.45, 7) is 2.82. The van der Waals surface area contributed by atoms with Crippen molar-refractivity contribution in [3.8, 4) is 0 Å². The van der Waals surface area contributed by atoms with Crippen molar-refractivity contribution in [2.45, 2.75) is 19.9 Å². The lowest BCUT2D eigenvalue weighted by atomic mass is 10.1. The lowest BCUT2D eigenvalue weighted by Crippen LogP contribution is -2.46. The highest BCUT2D eigenvalue weighted by Crippen LogP contribution is 2.14. The number of urea groups is 1. The minimum atomic E-state index is -0.615. The number of nitrogens with two attached hydrogens (primary N) is 1. The summed E-state index contributed by atoms with van der Waals surface area (Å²) in [6, 6.07) is 14.3. The average molecular weight is 490 g/mol. The van der Waals surface area contributed by atoms with E-state index in [0.717, 1.165) is 17.5 Å². The number of benzene rings is 2. The van der Waals surface area contributed by atoms with Gasteiger partial charge in [0.25, 0.3) is 0 Å². The molecule has 0 spiro atoms. The van der Waals surface area contributed by atoms with Crippen molar-refractivity contribution in [1.29, 1.82) is 0 Å². The van der Waals surface area contributed by atoms with Crippen LogP contribution in [0.4, 0.5) is 15.3 Å². The number of aryl methyl sites for hydroxylation is 1. The van der Waals surface area contributed by atoms with E-state index in [9.17, 15) is 14.4 Å². The highest BCUT2D eigenvalue weighted by molar-refractivity contribution is 6.31. The number of hydrogen-bond acceptors (Lipinski definition) is 5. The van der Waals surface area contributed by atoms with Crippen molar-refractivity contribution in [3.05, 3.63) is 64.7 Å². The standard InChI is InChI=1S/C24H32ClN5O4/c1-3-18-8-10-20(11-9-18)28-24(33)34-15-14-30(13-12-29(2)22(31)16-26)23(32)27-17-19-6-4-5-7-21(19)25/h4-11H,3,12-17,26H2,1-2H3,(H,27,32)(H,28,33). The highest BCUT2D eigenvalue weighted by Gasteiger charge is 2.17. The molecule has 0 heterocycles. The van der Waals surface area contributed by atoms with Crippen LogP contribution in [0.5, 0.6) is 0 Å². The van der Waals surface area contributed by atoms with Crippen LogP contribution in [0.3, 0.4) is 0 Å². The molecule has 0 aromatic heterocycles. The lowest BCUT2D eigenvalue weighted by Gasteiger charge is -2.26. The molecule has 0 aliphatic heterocycles. The van der Waals surface area contributed by atoms with Crippen LogP contribution in [0.1, 0.15) is 18.1 Å². The van der Waals surface area contributed by atoms with Crippen molar-refractivity contribution in [3.63, 3.8) is 0 Å². The summed E-state index contributed by atoms with van der Waals surface area (Å²) >= 11 is 6.16. The number of amides is 4. The summed E-state index contributed by atoms with van der Waals surface area (Å²) in [5.41, 5.74) is 7.96. The van der Waals surface area contributed by atoms with Crippen LogP contribution in [-0.4, -0.2) is 67.7 Å². The van der Waals surface area contributed by atoms with E-state index >= 15 is 0 Å². The van der Waals surface area contributed by atoms with Crippen molar-refractivity contribution < 1.29 is 19.1 Å². The Bertz CT molecular complexity index is 955. The zero-order chi connectivity index (χ0) is 24.9. The van der Waals surface area contributed by atoms with Crippen LogP contribution < -0.4 is 16.4 Å². The SMILES string of the molecule is CCc1ccc(NC(=O)OCCN(CCN(C)C(=O)CN)C(=O)NCc2ccccc2Cl)cc1. The Labute approximate surface area is 205 Å². The molecule has 4 N–H and O–H groups in total. The predicted molar refractivity (Wildman–Crippen MR) is 133 cm³/mol. The second-order valence-electron chi connectivity index (χ2n) is 7.57. The van der Waals surface area contributed by atoms with Gasteiger partial charge in [0.05, 0.1) is 13.1 Å². The Morgan fingerprint density at radius 3 is 2.38 bits per heavy atom. The average Bonchev–Trinajstić information content (AvgIpc) is 2.85. The number of anilines is 1. The zero-order valence-electron chi connectivity index (χ0n) is 19.6. The normalized spacial score (nSPS) is 10.4. The monoisotopic (exact) mass is 489 g/mol. The molecule has 10 heteroatoms. The number of hydrogen-bond donors (Lipinski definition) is 3. The van der Waals surface area contributed by atoms with Gasteiger partial charge < -0.3 is 25.6 Å². The van der Waals surface area contributed by atoms with Crippen molar-refractivity contribution in [2.24, 2.45) is 5.73 Å². The first-order valence-electron chi connectivity index (χ1n) is 11.1. The lowest BCUT2D eigenvalue weighted by molar-refractivity contribution is -0.128. The quantitative estimate of drug-likeness (QED) is 0.448. The maximum atomic E-state index is 12.8. The Morgan fingerprint density at radius 2 is 1.74 bits per heavy atom. The Morgan fingerprint density at radius 1 is 1.03 bits per heavy atom. The molecule has 2 aromatic carbocycles. The molecule has 0 aliphatic rings. The molecule has 0 unspecified atom stereocenters. The maximum Gasteiger partial charge on any atom is 0.411 e. The number of likely N-dealkylation sites (N-methyl/N-ethyl adjacent to an activating group) is 1. The van der Waals surface area contributed by atoms with E-state index in [4.69, 9.17) is 22.1 Å². The van der Waals surface area contributed by atoms with Gasteiger partial charge in [-0.05, 0) is 35.7 Å². The van der Waals surface area contributed by atoms with E-state index in [1.54, 1.807) is 25.2 Å². The minimum absolute atomic E-state index is 0.0209. The molecule has 0 aliphatic carbocycles.